The average Bonchev–Trinajstić information content (AvgIpc) is 2.69. The molecule has 1 aromatic rings. The molecule has 1 aliphatic heterocycles. The Bertz CT molecular complexity index is 391. The molecule has 0 bridgehead atoms. The third kappa shape index (κ3) is 2.41. The Hall–Kier alpha value is -0.390. The molecule has 1 saturated heterocycles. The molecule has 2 unspecified atom stereocenters. The Balaban J connectivity index is 2.24. The number of benzene rings is 1. The van der Waals surface area contributed by atoms with Crippen molar-refractivity contribution in [1.29, 1.82) is 0 Å². The van der Waals surface area contributed by atoms with Gasteiger partial charge < -0.3 is 10.5 Å². The van der Waals surface area contributed by atoms with E-state index in [9.17, 15) is 4.21 Å². The molecule has 82 valence electrons. The van der Waals surface area contributed by atoms with Crippen molar-refractivity contribution >= 4 is 32.4 Å². The molecule has 2 N–H and O–H groups in total. The topological polar surface area (TPSA) is 52.3 Å². The van der Waals surface area contributed by atoms with Gasteiger partial charge in [-0.3, -0.25) is 4.21 Å². The van der Waals surface area contributed by atoms with E-state index in [-0.39, 0.29) is 5.25 Å². The monoisotopic (exact) mass is 289 g/mol. The van der Waals surface area contributed by atoms with Crippen LogP contribution in [0, 0.1) is 0 Å². The highest BCUT2D eigenvalue weighted by molar-refractivity contribution is 9.10. The second-order valence-electron chi connectivity index (χ2n) is 3.47. The van der Waals surface area contributed by atoms with Gasteiger partial charge in [-0.25, -0.2) is 0 Å². The van der Waals surface area contributed by atoms with Crippen molar-refractivity contribution in [3.8, 4) is 0 Å². The lowest BCUT2D eigenvalue weighted by atomic mass is 10.3. The van der Waals surface area contributed by atoms with Gasteiger partial charge in [-0.05, 0) is 24.6 Å². The van der Waals surface area contributed by atoms with Crippen molar-refractivity contribution in [1.82, 2.24) is 0 Å². The zero-order chi connectivity index (χ0) is 10.8. The lowest BCUT2D eigenvalue weighted by molar-refractivity contribution is 0.199. The lowest BCUT2D eigenvalue weighted by Gasteiger charge is -2.10. The Kier molecular flexibility index (Phi) is 3.43. The van der Waals surface area contributed by atoms with E-state index in [1.54, 1.807) is 6.07 Å². The van der Waals surface area contributed by atoms with Gasteiger partial charge in [0, 0.05) is 16.8 Å². The van der Waals surface area contributed by atoms with Gasteiger partial charge in [0.05, 0.1) is 27.6 Å². The van der Waals surface area contributed by atoms with Gasteiger partial charge in [0.25, 0.3) is 0 Å². The van der Waals surface area contributed by atoms with E-state index in [0.29, 0.717) is 23.8 Å². The summed E-state index contributed by atoms with van der Waals surface area (Å²) < 4.78 is 18.2. The van der Waals surface area contributed by atoms with Crippen LogP contribution in [0.3, 0.4) is 0 Å². The van der Waals surface area contributed by atoms with Gasteiger partial charge in [0.15, 0.2) is 0 Å². The van der Waals surface area contributed by atoms with E-state index in [0.717, 1.165) is 10.9 Å². The highest BCUT2D eigenvalue weighted by Crippen LogP contribution is 2.25. The molecule has 0 aromatic heterocycles. The number of nitrogen functional groups attached to an aromatic ring is 1. The maximum Gasteiger partial charge on any atom is 0.0651 e. The van der Waals surface area contributed by atoms with Crippen molar-refractivity contribution in [2.45, 2.75) is 16.6 Å². The Labute approximate surface area is 99.6 Å². The molecule has 0 spiro atoms. The molecule has 1 aliphatic rings. The average molecular weight is 290 g/mol. The fraction of sp³-hybridized carbons (Fsp3) is 0.400. The van der Waals surface area contributed by atoms with Gasteiger partial charge in [-0.15, -0.1) is 0 Å². The summed E-state index contributed by atoms with van der Waals surface area (Å²) in [4.78, 5) is 0.716. The smallest absolute Gasteiger partial charge is 0.0651 e. The summed E-state index contributed by atoms with van der Waals surface area (Å²) >= 11 is 3.33. The van der Waals surface area contributed by atoms with E-state index >= 15 is 0 Å². The molecule has 1 heterocycles. The van der Waals surface area contributed by atoms with Crippen LogP contribution in [-0.2, 0) is 15.5 Å². The molecule has 15 heavy (non-hydrogen) atoms. The highest BCUT2D eigenvalue weighted by atomic mass is 79.9. The molecular weight excluding hydrogens is 278 g/mol. The second kappa shape index (κ2) is 4.63. The number of halogens is 1. The number of hydrogen-bond acceptors (Lipinski definition) is 3. The molecule has 3 nitrogen and oxygen atoms in total. The fourth-order valence-corrected chi connectivity index (χ4v) is 3.33. The molecule has 0 amide bonds. The zero-order valence-corrected chi connectivity index (χ0v) is 10.5. The molecule has 5 heteroatoms. The van der Waals surface area contributed by atoms with E-state index in [1.165, 1.54) is 0 Å². The summed E-state index contributed by atoms with van der Waals surface area (Å²) in [7, 11) is -1.05. The first kappa shape index (κ1) is 11.1. The van der Waals surface area contributed by atoms with Crippen LogP contribution in [0.15, 0.2) is 27.6 Å². The molecule has 1 aromatic carbocycles. The molecule has 0 radical (unpaired) electrons. The normalized spacial score (nSPS) is 22.9. The van der Waals surface area contributed by atoms with Gasteiger partial charge in [-0.2, -0.15) is 0 Å². The second-order valence-corrected chi connectivity index (χ2v) is 6.08. The van der Waals surface area contributed by atoms with Gasteiger partial charge in [0.1, 0.15) is 0 Å². The SMILES string of the molecule is Nc1cc(Br)ccc1S(=O)C1CCOC1. The largest absolute Gasteiger partial charge is 0.398 e. The van der Waals surface area contributed by atoms with E-state index in [2.05, 4.69) is 15.9 Å². The summed E-state index contributed by atoms with van der Waals surface area (Å²) in [5.41, 5.74) is 6.40. The first-order chi connectivity index (χ1) is 7.18. The number of nitrogens with two attached hydrogens (primary N) is 1. The van der Waals surface area contributed by atoms with Crippen molar-refractivity contribution < 1.29 is 8.95 Å². The Morgan fingerprint density at radius 3 is 2.93 bits per heavy atom. The summed E-state index contributed by atoms with van der Waals surface area (Å²) in [5.74, 6) is 0. The molecule has 2 atom stereocenters. The first-order valence-corrected chi connectivity index (χ1v) is 6.72. The van der Waals surface area contributed by atoms with E-state index in [1.807, 2.05) is 12.1 Å². The molecule has 0 saturated carbocycles. The van der Waals surface area contributed by atoms with Crippen LogP contribution in [0.25, 0.3) is 0 Å². The van der Waals surface area contributed by atoms with Gasteiger partial charge in [-0.1, -0.05) is 15.9 Å². The zero-order valence-electron chi connectivity index (χ0n) is 8.11. The highest BCUT2D eigenvalue weighted by Gasteiger charge is 2.24. The minimum Gasteiger partial charge on any atom is -0.398 e. The maximum absolute atomic E-state index is 12.1. The van der Waals surface area contributed by atoms with E-state index < -0.39 is 10.8 Å². The molecular formula is C10H12BrNO2S. The standard InChI is InChI=1S/C10H12BrNO2S/c11-7-1-2-10(9(12)5-7)15(13)8-3-4-14-6-8/h1-2,5,8H,3-4,6,12H2. The summed E-state index contributed by atoms with van der Waals surface area (Å²) in [6, 6.07) is 5.45. The van der Waals surface area contributed by atoms with Crippen LogP contribution in [0.2, 0.25) is 0 Å². The molecule has 2 rings (SSSR count). The summed E-state index contributed by atoms with van der Waals surface area (Å²) in [6.07, 6.45) is 0.849. The van der Waals surface area contributed by atoms with Gasteiger partial charge in [0.2, 0.25) is 0 Å². The minimum atomic E-state index is -1.05. The number of anilines is 1. The van der Waals surface area contributed by atoms with Crippen molar-refractivity contribution in [3.05, 3.63) is 22.7 Å². The van der Waals surface area contributed by atoms with Crippen LogP contribution in [0.5, 0.6) is 0 Å². The van der Waals surface area contributed by atoms with Crippen LogP contribution in [-0.4, -0.2) is 22.7 Å². The quantitative estimate of drug-likeness (QED) is 0.847. The summed E-state index contributed by atoms with van der Waals surface area (Å²) in [5, 5.41) is 0.0912. The predicted octanol–water partition coefficient (Wildman–Crippen LogP) is 1.93. The fourth-order valence-electron chi connectivity index (χ4n) is 1.56. The van der Waals surface area contributed by atoms with Crippen molar-refractivity contribution in [2.24, 2.45) is 0 Å². The van der Waals surface area contributed by atoms with Crippen LogP contribution < -0.4 is 5.73 Å². The van der Waals surface area contributed by atoms with Crippen molar-refractivity contribution in [3.63, 3.8) is 0 Å². The lowest BCUT2D eigenvalue weighted by Crippen LogP contribution is -2.16. The Morgan fingerprint density at radius 1 is 1.53 bits per heavy atom. The Morgan fingerprint density at radius 2 is 2.33 bits per heavy atom. The first-order valence-electron chi connectivity index (χ1n) is 4.72. The number of hydrogen-bond donors (Lipinski definition) is 1. The van der Waals surface area contributed by atoms with Crippen LogP contribution in [0.4, 0.5) is 5.69 Å². The predicted molar refractivity (Wildman–Crippen MR) is 64.2 cm³/mol. The maximum atomic E-state index is 12.1. The minimum absolute atomic E-state index is 0.0912. The summed E-state index contributed by atoms with van der Waals surface area (Å²) in [6.45, 7) is 1.27. The number of rotatable bonds is 2. The molecule has 1 fully saturated rings. The third-order valence-electron chi connectivity index (χ3n) is 2.38. The molecule has 0 aliphatic carbocycles. The third-order valence-corrected chi connectivity index (χ3v) is 4.66. The van der Waals surface area contributed by atoms with Crippen LogP contribution in [0.1, 0.15) is 6.42 Å². The van der Waals surface area contributed by atoms with E-state index in [4.69, 9.17) is 10.5 Å². The van der Waals surface area contributed by atoms with Crippen molar-refractivity contribution in [2.75, 3.05) is 18.9 Å². The number of ether oxygens (including phenoxy) is 1. The van der Waals surface area contributed by atoms with Crippen LogP contribution >= 0.6 is 15.9 Å². The van der Waals surface area contributed by atoms with Gasteiger partial charge >= 0.3 is 0 Å².